The largest absolute Gasteiger partial charge is 0.493 e. The Morgan fingerprint density at radius 1 is 0.962 bits per heavy atom. The maximum absolute atomic E-state index is 5.34. The van der Waals surface area contributed by atoms with Gasteiger partial charge in [-0.25, -0.2) is 9.98 Å². The topological polar surface area (TPSA) is 77.0 Å². The Labute approximate surface area is 154 Å². The number of nitrogens with one attached hydrogen (secondary N) is 2. The molecule has 7 heteroatoms. The van der Waals surface area contributed by atoms with Gasteiger partial charge in [0.25, 0.3) is 0 Å². The third kappa shape index (κ3) is 5.54. The van der Waals surface area contributed by atoms with Gasteiger partial charge in [-0.2, -0.15) is 0 Å². The molecule has 0 saturated heterocycles. The summed E-state index contributed by atoms with van der Waals surface area (Å²) in [5.41, 5.74) is 2.10. The lowest BCUT2D eigenvalue weighted by Gasteiger charge is -2.12. The van der Waals surface area contributed by atoms with Crippen molar-refractivity contribution in [2.45, 2.75) is 20.0 Å². The summed E-state index contributed by atoms with van der Waals surface area (Å²) in [5.74, 6) is 2.73. The molecule has 0 fully saturated rings. The van der Waals surface area contributed by atoms with Crippen molar-refractivity contribution >= 4 is 5.96 Å². The summed E-state index contributed by atoms with van der Waals surface area (Å²) in [4.78, 5) is 8.73. The molecule has 2 aromatic rings. The summed E-state index contributed by atoms with van der Waals surface area (Å²) in [5, 5.41) is 6.55. The normalized spacial score (nSPS) is 11.0. The van der Waals surface area contributed by atoms with Crippen LogP contribution in [-0.4, -0.2) is 38.8 Å². The fraction of sp³-hybridized carbons (Fsp3) is 0.368. The van der Waals surface area contributed by atoms with Crippen LogP contribution in [0.4, 0.5) is 0 Å². The number of hydrogen-bond donors (Lipinski definition) is 2. The molecule has 0 atom stereocenters. The fourth-order valence-corrected chi connectivity index (χ4v) is 2.35. The van der Waals surface area contributed by atoms with Crippen LogP contribution in [0.5, 0.6) is 17.4 Å². The van der Waals surface area contributed by atoms with Crippen LogP contribution in [0.1, 0.15) is 18.1 Å². The van der Waals surface area contributed by atoms with Crippen molar-refractivity contribution in [1.29, 1.82) is 0 Å². The molecule has 0 radical (unpaired) electrons. The molecular formula is C19H26N4O3. The lowest BCUT2D eigenvalue weighted by Crippen LogP contribution is -2.36. The number of guanidine groups is 1. The highest BCUT2D eigenvalue weighted by Crippen LogP contribution is 2.27. The monoisotopic (exact) mass is 358 g/mol. The Hall–Kier alpha value is -2.96. The predicted molar refractivity (Wildman–Crippen MR) is 102 cm³/mol. The van der Waals surface area contributed by atoms with E-state index in [1.807, 2.05) is 37.3 Å². The first-order valence-corrected chi connectivity index (χ1v) is 8.42. The molecule has 7 nitrogen and oxygen atoms in total. The summed E-state index contributed by atoms with van der Waals surface area (Å²) >= 11 is 0. The first-order chi connectivity index (χ1) is 12.7. The minimum absolute atomic E-state index is 0.523. The van der Waals surface area contributed by atoms with Gasteiger partial charge in [0.05, 0.1) is 27.9 Å². The summed E-state index contributed by atoms with van der Waals surface area (Å²) in [6.45, 7) is 3.95. The van der Waals surface area contributed by atoms with Gasteiger partial charge >= 0.3 is 0 Å². The molecular weight excluding hydrogens is 332 g/mol. The van der Waals surface area contributed by atoms with Crippen molar-refractivity contribution < 1.29 is 14.2 Å². The molecule has 0 amide bonds. The first-order valence-electron chi connectivity index (χ1n) is 8.42. The SMILES string of the molecule is CCNC(=NCc1ccc(OC)c(OC)c1)NCc1ccnc(OC)c1. The van der Waals surface area contributed by atoms with Crippen molar-refractivity contribution in [1.82, 2.24) is 15.6 Å². The van der Waals surface area contributed by atoms with Crippen LogP contribution < -0.4 is 24.8 Å². The minimum atomic E-state index is 0.523. The van der Waals surface area contributed by atoms with E-state index in [2.05, 4.69) is 20.6 Å². The van der Waals surface area contributed by atoms with E-state index in [0.717, 1.165) is 23.6 Å². The zero-order chi connectivity index (χ0) is 18.8. The Kier molecular flexibility index (Phi) is 7.54. The van der Waals surface area contributed by atoms with Crippen LogP contribution in [0.25, 0.3) is 0 Å². The van der Waals surface area contributed by atoms with E-state index in [1.165, 1.54) is 0 Å². The Morgan fingerprint density at radius 3 is 2.46 bits per heavy atom. The zero-order valence-corrected chi connectivity index (χ0v) is 15.7. The van der Waals surface area contributed by atoms with Crippen LogP contribution >= 0.6 is 0 Å². The van der Waals surface area contributed by atoms with Crippen molar-refractivity contribution in [3.05, 3.63) is 47.7 Å². The molecule has 2 rings (SSSR count). The van der Waals surface area contributed by atoms with Crippen LogP contribution in [0.2, 0.25) is 0 Å². The minimum Gasteiger partial charge on any atom is -0.493 e. The van der Waals surface area contributed by atoms with Crippen molar-refractivity contribution in [3.8, 4) is 17.4 Å². The molecule has 0 spiro atoms. The smallest absolute Gasteiger partial charge is 0.213 e. The van der Waals surface area contributed by atoms with E-state index < -0.39 is 0 Å². The number of hydrogen-bond acceptors (Lipinski definition) is 5. The molecule has 0 aliphatic heterocycles. The van der Waals surface area contributed by atoms with Crippen LogP contribution in [0, 0.1) is 0 Å². The number of benzene rings is 1. The van der Waals surface area contributed by atoms with Gasteiger partial charge in [0.15, 0.2) is 17.5 Å². The van der Waals surface area contributed by atoms with Crippen LogP contribution in [-0.2, 0) is 13.1 Å². The second kappa shape index (κ2) is 10.1. The second-order valence-corrected chi connectivity index (χ2v) is 5.44. The third-order valence-electron chi connectivity index (χ3n) is 3.68. The summed E-state index contributed by atoms with van der Waals surface area (Å²) in [6.07, 6.45) is 1.73. The van der Waals surface area contributed by atoms with Gasteiger partial charge in [0, 0.05) is 25.4 Å². The average Bonchev–Trinajstić information content (AvgIpc) is 2.69. The first kappa shape index (κ1) is 19.4. The molecule has 140 valence electrons. The molecule has 0 aliphatic rings. The van der Waals surface area contributed by atoms with Gasteiger partial charge in [0.2, 0.25) is 5.88 Å². The van der Waals surface area contributed by atoms with E-state index in [1.54, 1.807) is 27.5 Å². The van der Waals surface area contributed by atoms with E-state index in [0.29, 0.717) is 30.5 Å². The van der Waals surface area contributed by atoms with Gasteiger partial charge in [-0.15, -0.1) is 0 Å². The number of methoxy groups -OCH3 is 3. The van der Waals surface area contributed by atoms with Gasteiger partial charge in [-0.3, -0.25) is 0 Å². The zero-order valence-electron chi connectivity index (χ0n) is 15.7. The van der Waals surface area contributed by atoms with Gasteiger partial charge in [-0.05, 0) is 36.2 Å². The summed E-state index contributed by atoms with van der Waals surface area (Å²) in [7, 11) is 4.85. The molecule has 26 heavy (non-hydrogen) atoms. The predicted octanol–water partition coefficient (Wildman–Crippen LogP) is 2.36. The van der Waals surface area contributed by atoms with Crippen molar-refractivity contribution in [2.24, 2.45) is 4.99 Å². The number of pyridine rings is 1. The highest BCUT2D eigenvalue weighted by Gasteiger charge is 2.05. The number of rotatable bonds is 8. The Morgan fingerprint density at radius 2 is 1.77 bits per heavy atom. The Bertz CT molecular complexity index is 734. The highest BCUT2D eigenvalue weighted by molar-refractivity contribution is 5.79. The van der Waals surface area contributed by atoms with Crippen LogP contribution in [0.3, 0.4) is 0 Å². The molecule has 1 heterocycles. The molecule has 1 aromatic heterocycles. The quantitative estimate of drug-likeness (QED) is 0.557. The molecule has 0 aliphatic carbocycles. The second-order valence-electron chi connectivity index (χ2n) is 5.44. The molecule has 0 saturated carbocycles. The fourth-order valence-electron chi connectivity index (χ4n) is 2.35. The maximum Gasteiger partial charge on any atom is 0.213 e. The van der Waals surface area contributed by atoms with Gasteiger partial charge in [-0.1, -0.05) is 6.07 Å². The summed E-state index contributed by atoms with van der Waals surface area (Å²) in [6, 6.07) is 9.62. The third-order valence-corrected chi connectivity index (χ3v) is 3.68. The lowest BCUT2D eigenvalue weighted by atomic mass is 10.2. The average molecular weight is 358 g/mol. The standard InChI is InChI=1S/C19H26N4O3/c1-5-20-19(23-13-15-8-9-21-18(11-15)26-4)22-12-14-6-7-16(24-2)17(10-14)25-3/h6-11H,5,12-13H2,1-4H3,(H2,20,22,23). The summed E-state index contributed by atoms with van der Waals surface area (Å²) < 4.78 is 15.7. The number of ether oxygens (including phenoxy) is 3. The Balaban J connectivity index is 2.03. The number of aromatic nitrogens is 1. The number of nitrogens with zero attached hydrogens (tertiary/aromatic N) is 2. The molecule has 0 unspecified atom stereocenters. The van der Waals surface area contributed by atoms with E-state index in [4.69, 9.17) is 14.2 Å². The number of aliphatic imine (C=N–C) groups is 1. The van der Waals surface area contributed by atoms with Crippen molar-refractivity contribution in [3.63, 3.8) is 0 Å². The van der Waals surface area contributed by atoms with Gasteiger partial charge in [0.1, 0.15) is 0 Å². The van der Waals surface area contributed by atoms with Crippen LogP contribution in [0.15, 0.2) is 41.5 Å². The van der Waals surface area contributed by atoms with E-state index in [-0.39, 0.29) is 0 Å². The molecule has 0 bridgehead atoms. The van der Waals surface area contributed by atoms with E-state index >= 15 is 0 Å². The van der Waals surface area contributed by atoms with E-state index in [9.17, 15) is 0 Å². The highest BCUT2D eigenvalue weighted by atomic mass is 16.5. The molecule has 1 aromatic carbocycles. The molecule has 2 N–H and O–H groups in total. The van der Waals surface area contributed by atoms with Gasteiger partial charge < -0.3 is 24.8 Å². The maximum atomic E-state index is 5.34. The lowest BCUT2D eigenvalue weighted by molar-refractivity contribution is 0.354. The van der Waals surface area contributed by atoms with Crippen molar-refractivity contribution in [2.75, 3.05) is 27.9 Å².